The van der Waals surface area contributed by atoms with Crippen molar-refractivity contribution >= 4 is 44.0 Å². The minimum Gasteiger partial charge on any atom is -0.490 e. The molecule has 0 amide bonds. The van der Waals surface area contributed by atoms with Gasteiger partial charge in [0.15, 0.2) is 0 Å². The lowest BCUT2D eigenvalue weighted by Crippen LogP contribution is -2.44. The Balaban J connectivity index is 1.33. The second-order valence-electron chi connectivity index (χ2n) is 12.9. The van der Waals surface area contributed by atoms with E-state index in [4.69, 9.17) is 9.72 Å². The summed E-state index contributed by atoms with van der Waals surface area (Å²) in [5.41, 5.74) is 11.3. The van der Waals surface area contributed by atoms with E-state index in [1.165, 1.54) is 10.6 Å². The number of rotatable bonds is 6. The fourth-order valence-electron chi connectivity index (χ4n) is 7.90. The lowest BCUT2D eigenvalue weighted by Gasteiger charge is -2.40. The van der Waals surface area contributed by atoms with E-state index in [0.717, 1.165) is 67.1 Å². The Labute approximate surface area is 278 Å². The van der Waals surface area contributed by atoms with Crippen LogP contribution in [-0.4, -0.2) is 66.8 Å². The molecule has 5 aromatic rings. The van der Waals surface area contributed by atoms with Crippen LogP contribution in [0.4, 0.5) is 17.1 Å². The predicted molar refractivity (Wildman–Crippen MR) is 187 cm³/mol. The van der Waals surface area contributed by atoms with Crippen molar-refractivity contribution in [3.05, 3.63) is 82.7 Å². The van der Waals surface area contributed by atoms with E-state index in [2.05, 4.69) is 33.5 Å². The maximum Gasteiger partial charge on any atom is 0.307 e. The molecule has 8 rings (SSSR count). The zero-order chi connectivity index (χ0) is 33.5. The van der Waals surface area contributed by atoms with Gasteiger partial charge in [-0.05, 0) is 89.5 Å². The summed E-state index contributed by atoms with van der Waals surface area (Å²) in [4.78, 5) is 19.5. The molecule has 2 N–H and O–H groups in total. The number of sulfonamides is 1. The average Bonchev–Trinajstić information content (AvgIpc) is 3.64. The number of hydrogen-bond acceptors (Lipinski definition) is 8. The van der Waals surface area contributed by atoms with E-state index >= 15 is 0 Å². The molecule has 3 aliphatic rings. The van der Waals surface area contributed by atoms with Gasteiger partial charge in [0.05, 0.1) is 59.7 Å². The summed E-state index contributed by atoms with van der Waals surface area (Å²) in [6.45, 7) is 5.90. The van der Waals surface area contributed by atoms with E-state index in [0.29, 0.717) is 42.9 Å². The number of benzene rings is 3. The van der Waals surface area contributed by atoms with Crippen molar-refractivity contribution in [3.63, 3.8) is 0 Å². The average molecular weight is 665 g/mol. The number of pyridine rings is 1. The first-order valence-electron chi connectivity index (χ1n) is 16.0. The molecule has 3 aromatic carbocycles. The molecule has 0 saturated heterocycles. The number of aliphatic carboxylic acids is 1. The smallest absolute Gasteiger partial charge is 0.307 e. The van der Waals surface area contributed by atoms with Crippen LogP contribution in [0.15, 0.2) is 54.9 Å². The number of fused-ring (bicyclic) bond motifs is 2. The van der Waals surface area contributed by atoms with Gasteiger partial charge in [0, 0.05) is 37.3 Å². The van der Waals surface area contributed by atoms with Gasteiger partial charge < -0.3 is 20.1 Å². The molecule has 0 saturated carbocycles. The first-order valence-corrected chi connectivity index (χ1v) is 17.9. The van der Waals surface area contributed by atoms with E-state index < -0.39 is 16.0 Å². The van der Waals surface area contributed by atoms with Gasteiger partial charge in [0.25, 0.3) is 0 Å². The van der Waals surface area contributed by atoms with E-state index in [1.54, 1.807) is 0 Å². The molecule has 0 fully saturated rings. The summed E-state index contributed by atoms with van der Waals surface area (Å²) in [6.07, 6.45) is 5.24. The zero-order valence-electron chi connectivity index (χ0n) is 27.2. The third-order valence-corrected chi connectivity index (χ3v) is 11.2. The standard InChI is InChI=1S/C36H36N6O5S/c1-20-25(6-8-31-34(20)38-11-14-47-31)33-26(18-32(43)44)21(2)35-36-27(33)17-30(41(36)12-13-42(35)48(4,45)46)23-9-10-37-28(16-23)22-5-7-29-24(15-22)19-39-40(29)3/h5-10,15-16,19,30,38H,11-14,17-18H2,1-4H3,(H,43,44). The first kappa shape index (κ1) is 30.2. The van der Waals surface area contributed by atoms with Crippen LogP contribution >= 0.6 is 0 Å². The summed E-state index contributed by atoms with van der Waals surface area (Å²) >= 11 is 0. The Hall–Kier alpha value is -5.10. The Kier molecular flexibility index (Phi) is 6.92. The molecule has 0 bridgehead atoms. The summed E-state index contributed by atoms with van der Waals surface area (Å²) in [6, 6.07) is 14.2. The number of carboxylic acid groups (broad SMARTS) is 1. The van der Waals surface area contributed by atoms with Crippen LogP contribution in [0.1, 0.15) is 33.9 Å². The number of hydrogen-bond donors (Lipinski definition) is 2. The maximum absolute atomic E-state index is 13.2. The monoisotopic (exact) mass is 664 g/mol. The molecule has 2 aromatic heterocycles. The lowest BCUT2D eigenvalue weighted by atomic mass is 9.84. The Morgan fingerprint density at radius 3 is 2.71 bits per heavy atom. The number of carboxylic acids is 1. The fourth-order valence-corrected chi connectivity index (χ4v) is 8.87. The number of aryl methyl sites for hydroxylation is 1. The minimum atomic E-state index is -3.64. The van der Waals surface area contributed by atoms with Crippen LogP contribution < -0.4 is 19.3 Å². The molecule has 246 valence electrons. The molecule has 5 heterocycles. The molecular formula is C36H36N6O5S. The van der Waals surface area contributed by atoms with Crippen molar-refractivity contribution < 1.29 is 23.1 Å². The van der Waals surface area contributed by atoms with Crippen molar-refractivity contribution in [2.24, 2.45) is 7.05 Å². The molecule has 0 radical (unpaired) electrons. The Bertz CT molecular complexity index is 2280. The maximum atomic E-state index is 13.2. The van der Waals surface area contributed by atoms with Gasteiger partial charge in [-0.3, -0.25) is 18.8 Å². The van der Waals surface area contributed by atoms with Crippen molar-refractivity contribution in [1.29, 1.82) is 0 Å². The summed E-state index contributed by atoms with van der Waals surface area (Å²) in [5, 5.41) is 19.1. The number of carbonyl (C=O) groups is 1. The second-order valence-corrected chi connectivity index (χ2v) is 14.8. The van der Waals surface area contributed by atoms with E-state index in [9.17, 15) is 18.3 Å². The molecule has 1 atom stereocenters. The lowest BCUT2D eigenvalue weighted by molar-refractivity contribution is -0.136. The molecule has 1 unspecified atom stereocenters. The van der Waals surface area contributed by atoms with Gasteiger partial charge in [0.1, 0.15) is 12.4 Å². The SMILES string of the molecule is Cc1c(-c2c(CC(=O)O)c(C)c3c4c2CC(c2ccnc(-c5ccc6c(cnn6C)c5)c2)N4CCN3S(C)(=O)=O)ccc2c1NCCO2. The Morgan fingerprint density at radius 1 is 1.08 bits per heavy atom. The third kappa shape index (κ3) is 4.68. The number of ether oxygens (including phenoxy) is 1. The van der Waals surface area contributed by atoms with Crippen LogP contribution in [0.2, 0.25) is 0 Å². The van der Waals surface area contributed by atoms with Crippen molar-refractivity contribution in [2.45, 2.75) is 32.7 Å². The van der Waals surface area contributed by atoms with Gasteiger partial charge in [-0.25, -0.2) is 8.42 Å². The number of anilines is 3. The highest BCUT2D eigenvalue weighted by Gasteiger charge is 2.43. The highest BCUT2D eigenvalue weighted by atomic mass is 32.2. The highest BCUT2D eigenvalue weighted by molar-refractivity contribution is 7.92. The number of aromatic nitrogens is 3. The molecule has 0 aliphatic carbocycles. The minimum absolute atomic E-state index is 0.109. The molecule has 48 heavy (non-hydrogen) atoms. The molecule has 11 nitrogen and oxygen atoms in total. The van der Waals surface area contributed by atoms with Crippen molar-refractivity contribution in [3.8, 4) is 28.1 Å². The number of nitrogens with one attached hydrogen (secondary N) is 1. The molecule has 3 aliphatic heterocycles. The topological polar surface area (TPSA) is 130 Å². The van der Waals surface area contributed by atoms with Crippen LogP contribution in [0.25, 0.3) is 33.3 Å². The summed E-state index contributed by atoms with van der Waals surface area (Å²) in [7, 11) is -1.72. The van der Waals surface area contributed by atoms with Crippen LogP contribution in [0.5, 0.6) is 5.75 Å². The third-order valence-electron chi connectivity index (χ3n) is 10.1. The van der Waals surface area contributed by atoms with Gasteiger partial charge >= 0.3 is 5.97 Å². The predicted octanol–water partition coefficient (Wildman–Crippen LogP) is 5.23. The number of nitrogens with zero attached hydrogens (tertiary/aromatic N) is 5. The van der Waals surface area contributed by atoms with Crippen LogP contribution in [-0.2, 0) is 34.7 Å². The normalized spacial score (nSPS) is 16.8. The largest absolute Gasteiger partial charge is 0.490 e. The first-order chi connectivity index (χ1) is 23.0. The quantitative estimate of drug-likeness (QED) is 0.251. The fraction of sp³-hybridized carbons (Fsp3) is 0.306. The second kappa shape index (κ2) is 11.0. The molecule has 0 spiro atoms. The van der Waals surface area contributed by atoms with Gasteiger partial charge in [0.2, 0.25) is 10.0 Å². The van der Waals surface area contributed by atoms with Gasteiger partial charge in [-0.2, -0.15) is 5.10 Å². The molecule has 12 heteroatoms. The van der Waals surface area contributed by atoms with Crippen molar-refractivity contribution in [2.75, 3.05) is 47.0 Å². The Morgan fingerprint density at radius 2 is 1.92 bits per heavy atom. The van der Waals surface area contributed by atoms with E-state index in [1.807, 2.05) is 62.2 Å². The summed E-state index contributed by atoms with van der Waals surface area (Å²) in [5.74, 6) is -0.203. The van der Waals surface area contributed by atoms with E-state index in [-0.39, 0.29) is 19.0 Å². The van der Waals surface area contributed by atoms with Crippen molar-refractivity contribution in [1.82, 2.24) is 14.8 Å². The highest BCUT2D eigenvalue weighted by Crippen LogP contribution is 2.56. The van der Waals surface area contributed by atoms with Gasteiger partial charge in [-0.1, -0.05) is 12.1 Å². The van der Waals surface area contributed by atoms with Crippen LogP contribution in [0.3, 0.4) is 0 Å². The van der Waals surface area contributed by atoms with Crippen LogP contribution in [0, 0.1) is 13.8 Å². The zero-order valence-corrected chi connectivity index (χ0v) is 28.1. The van der Waals surface area contributed by atoms with Gasteiger partial charge in [-0.15, -0.1) is 0 Å². The molecular weight excluding hydrogens is 629 g/mol. The summed E-state index contributed by atoms with van der Waals surface area (Å²) < 4.78 is 35.7.